The van der Waals surface area contributed by atoms with Crippen molar-refractivity contribution in [2.75, 3.05) is 11.9 Å². The van der Waals surface area contributed by atoms with E-state index in [1.807, 2.05) is 24.3 Å². The zero-order valence-electron chi connectivity index (χ0n) is 15.8. The molecule has 1 spiro atoms. The van der Waals surface area contributed by atoms with E-state index in [9.17, 15) is 15.3 Å². The number of benzene rings is 2. The van der Waals surface area contributed by atoms with E-state index in [1.165, 1.54) is 0 Å². The zero-order chi connectivity index (χ0) is 19.9. The van der Waals surface area contributed by atoms with Crippen LogP contribution in [0.5, 0.6) is 0 Å². The number of anilines is 1. The molecule has 2 aromatic carbocycles. The van der Waals surface area contributed by atoms with Crippen LogP contribution in [0.1, 0.15) is 42.6 Å². The van der Waals surface area contributed by atoms with Crippen molar-refractivity contribution < 1.29 is 20.1 Å². The second kappa shape index (κ2) is 7.65. The van der Waals surface area contributed by atoms with Crippen LogP contribution in [0.2, 0.25) is 5.02 Å². The fourth-order valence-electron chi connectivity index (χ4n) is 3.94. The summed E-state index contributed by atoms with van der Waals surface area (Å²) in [5, 5.41) is 34.9. The molecule has 0 bridgehead atoms. The zero-order valence-corrected chi connectivity index (χ0v) is 16.6. The van der Waals surface area contributed by atoms with Crippen LogP contribution in [0.15, 0.2) is 42.5 Å². The maximum Gasteiger partial charge on any atom is 0.113 e. The molecule has 6 heteroatoms. The van der Waals surface area contributed by atoms with Gasteiger partial charge in [-0.2, -0.15) is 0 Å². The lowest BCUT2D eigenvalue weighted by Gasteiger charge is -2.41. The Balaban J connectivity index is 1.57. The second-order valence-corrected chi connectivity index (χ2v) is 8.19. The Kier molecular flexibility index (Phi) is 5.38. The number of rotatable bonds is 5. The molecule has 1 aliphatic heterocycles. The van der Waals surface area contributed by atoms with Gasteiger partial charge >= 0.3 is 0 Å². The van der Waals surface area contributed by atoms with Crippen molar-refractivity contribution in [3.63, 3.8) is 0 Å². The highest BCUT2D eigenvalue weighted by Crippen LogP contribution is 2.51. The molecule has 2 aromatic rings. The van der Waals surface area contributed by atoms with E-state index in [0.717, 1.165) is 28.9 Å². The summed E-state index contributed by atoms with van der Waals surface area (Å²) in [6, 6.07) is 13.7. The number of halogens is 1. The Morgan fingerprint density at radius 3 is 2.43 bits per heavy atom. The van der Waals surface area contributed by atoms with Crippen molar-refractivity contribution in [3.8, 4) is 0 Å². The van der Waals surface area contributed by atoms with Crippen molar-refractivity contribution in [1.29, 1.82) is 0 Å². The first-order chi connectivity index (χ1) is 13.4. The predicted molar refractivity (Wildman–Crippen MR) is 109 cm³/mol. The van der Waals surface area contributed by atoms with E-state index in [4.69, 9.17) is 16.3 Å². The van der Waals surface area contributed by atoms with Gasteiger partial charge in [-0.05, 0) is 61.1 Å². The van der Waals surface area contributed by atoms with Crippen molar-refractivity contribution in [2.24, 2.45) is 0 Å². The normalized spacial score (nSPS) is 28.3. The lowest BCUT2D eigenvalue weighted by molar-refractivity contribution is -0.236. The largest absolute Gasteiger partial charge is 0.387 e. The minimum Gasteiger partial charge on any atom is -0.387 e. The van der Waals surface area contributed by atoms with Crippen LogP contribution in [0.4, 0.5) is 5.69 Å². The molecular weight excluding hydrogens is 378 g/mol. The first kappa shape index (κ1) is 19.7. The molecule has 0 amide bonds. The lowest BCUT2D eigenvalue weighted by atomic mass is 9.89. The molecule has 4 rings (SSSR count). The molecule has 28 heavy (non-hydrogen) atoms. The molecule has 1 saturated heterocycles. The molecule has 2 fully saturated rings. The molecule has 0 unspecified atom stereocenters. The average molecular weight is 404 g/mol. The third kappa shape index (κ3) is 3.65. The van der Waals surface area contributed by atoms with Crippen molar-refractivity contribution in [3.05, 3.63) is 64.2 Å². The monoisotopic (exact) mass is 403 g/mol. The molecule has 5 nitrogen and oxygen atoms in total. The predicted octanol–water partition coefficient (Wildman–Crippen LogP) is 3.05. The van der Waals surface area contributed by atoms with E-state index in [1.54, 1.807) is 6.07 Å². The van der Waals surface area contributed by atoms with Crippen LogP contribution in [-0.4, -0.2) is 45.8 Å². The molecule has 0 radical (unpaired) electrons. The first-order valence-corrected chi connectivity index (χ1v) is 10.1. The summed E-state index contributed by atoms with van der Waals surface area (Å²) in [4.78, 5) is 0. The van der Waals surface area contributed by atoms with Crippen molar-refractivity contribution in [1.82, 2.24) is 0 Å². The van der Waals surface area contributed by atoms with E-state index in [-0.39, 0.29) is 0 Å². The van der Waals surface area contributed by atoms with Gasteiger partial charge in [0.05, 0.1) is 5.60 Å². The highest BCUT2D eigenvalue weighted by atomic mass is 35.5. The summed E-state index contributed by atoms with van der Waals surface area (Å²) in [5.41, 5.74) is 3.16. The number of hydrogen-bond donors (Lipinski definition) is 4. The molecule has 1 heterocycles. The molecule has 4 N–H and O–H groups in total. The van der Waals surface area contributed by atoms with Gasteiger partial charge in [0.15, 0.2) is 0 Å². The molecule has 1 aliphatic carbocycles. The highest BCUT2D eigenvalue weighted by molar-refractivity contribution is 6.31. The Bertz CT molecular complexity index is 837. The van der Waals surface area contributed by atoms with Crippen LogP contribution >= 0.6 is 11.6 Å². The second-order valence-electron chi connectivity index (χ2n) is 7.78. The van der Waals surface area contributed by atoms with Crippen LogP contribution in [0.25, 0.3) is 0 Å². The standard InChI is InChI=1S/C22H26ClNO4/c1-2-24-16-6-3-13(4-7-16)11-15-12-14(5-8-17(15)23)20-18(25)19(26)21(27)22(28-20)9-10-22/h3-8,12,18-21,24-27H,2,9-11H2,1H3/t18-,19-,20+,21+/m1/s1. The van der Waals surface area contributed by atoms with Gasteiger partial charge in [-0.1, -0.05) is 35.9 Å². The van der Waals surface area contributed by atoms with E-state index in [0.29, 0.717) is 24.3 Å². The highest BCUT2D eigenvalue weighted by Gasteiger charge is 2.60. The smallest absolute Gasteiger partial charge is 0.113 e. The van der Waals surface area contributed by atoms with Gasteiger partial charge in [-0.15, -0.1) is 0 Å². The van der Waals surface area contributed by atoms with Crippen molar-refractivity contribution >= 4 is 17.3 Å². The van der Waals surface area contributed by atoms with Gasteiger partial charge in [0, 0.05) is 17.3 Å². The van der Waals surface area contributed by atoms with E-state index in [2.05, 4.69) is 24.4 Å². The number of ether oxygens (including phenoxy) is 1. The summed E-state index contributed by atoms with van der Waals surface area (Å²) >= 11 is 6.42. The summed E-state index contributed by atoms with van der Waals surface area (Å²) in [6.45, 7) is 2.93. The van der Waals surface area contributed by atoms with Gasteiger partial charge in [-0.3, -0.25) is 0 Å². The topological polar surface area (TPSA) is 82.0 Å². The minimum absolute atomic E-state index is 0.645. The maximum absolute atomic E-state index is 10.5. The van der Waals surface area contributed by atoms with Gasteiger partial charge < -0.3 is 25.4 Å². The number of hydrogen-bond acceptors (Lipinski definition) is 5. The summed E-state index contributed by atoms with van der Waals surface area (Å²) in [7, 11) is 0. The number of aliphatic hydroxyl groups is 3. The van der Waals surface area contributed by atoms with Gasteiger partial charge in [-0.25, -0.2) is 0 Å². The van der Waals surface area contributed by atoms with Gasteiger partial charge in [0.1, 0.15) is 24.4 Å². The van der Waals surface area contributed by atoms with E-state index >= 15 is 0 Å². The Morgan fingerprint density at radius 1 is 1.07 bits per heavy atom. The molecule has 0 aromatic heterocycles. The third-order valence-electron chi connectivity index (χ3n) is 5.75. The fraction of sp³-hybridized carbons (Fsp3) is 0.455. The van der Waals surface area contributed by atoms with Crippen LogP contribution in [-0.2, 0) is 11.2 Å². The SMILES string of the molecule is CCNc1ccc(Cc2cc([C@@H]3OC4(CC4)[C@@H](O)[C@H](O)[C@H]3O)ccc2Cl)cc1. The Hall–Kier alpha value is -1.63. The van der Waals surface area contributed by atoms with Crippen LogP contribution in [0.3, 0.4) is 0 Å². The number of aliphatic hydroxyl groups excluding tert-OH is 3. The molecule has 1 saturated carbocycles. The van der Waals surface area contributed by atoms with Crippen LogP contribution in [0, 0.1) is 0 Å². The quantitative estimate of drug-likeness (QED) is 0.617. The molecular formula is C22H26ClNO4. The van der Waals surface area contributed by atoms with Gasteiger partial charge in [0.2, 0.25) is 0 Å². The third-order valence-corrected chi connectivity index (χ3v) is 6.12. The first-order valence-electron chi connectivity index (χ1n) is 9.77. The minimum atomic E-state index is -1.22. The summed E-state index contributed by atoms with van der Waals surface area (Å²) in [5.74, 6) is 0. The maximum atomic E-state index is 10.5. The Labute approximate surface area is 169 Å². The summed E-state index contributed by atoms with van der Waals surface area (Å²) < 4.78 is 6.04. The average Bonchev–Trinajstić information content (AvgIpc) is 3.47. The summed E-state index contributed by atoms with van der Waals surface area (Å²) in [6.07, 6.45) is -2.12. The van der Waals surface area contributed by atoms with Crippen molar-refractivity contribution in [2.45, 2.75) is 56.2 Å². The number of nitrogens with one attached hydrogen (secondary N) is 1. The molecule has 4 atom stereocenters. The van der Waals surface area contributed by atoms with Crippen LogP contribution < -0.4 is 5.32 Å². The lowest BCUT2D eigenvalue weighted by Crippen LogP contribution is -2.55. The molecule has 150 valence electrons. The Morgan fingerprint density at radius 2 is 1.79 bits per heavy atom. The van der Waals surface area contributed by atoms with Gasteiger partial charge in [0.25, 0.3) is 0 Å². The van der Waals surface area contributed by atoms with E-state index < -0.39 is 30.0 Å². The fourth-order valence-corrected chi connectivity index (χ4v) is 4.13. The molecule has 2 aliphatic rings.